The van der Waals surface area contributed by atoms with Gasteiger partial charge >= 0.3 is 11.9 Å². The van der Waals surface area contributed by atoms with Crippen LogP contribution in [0.4, 0.5) is 17.6 Å². The van der Waals surface area contributed by atoms with Gasteiger partial charge in [-0.1, -0.05) is 41.9 Å². The molecule has 0 atom stereocenters. The van der Waals surface area contributed by atoms with Crippen molar-refractivity contribution in [2.45, 2.75) is 19.0 Å². The Kier molecular flexibility index (Phi) is 6.54. The SMILES string of the molecule is Cn1c(C(F)(F)F)cc(=O)n(-c2cc(OCCCc3ccccc3)c(Cl)cc2F)c1=O. The summed E-state index contributed by atoms with van der Waals surface area (Å²) in [5, 5.41) is -0.0993. The first-order valence-corrected chi connectivity index (χ1v) is 9.54. The van der Waals surface area contributed by atoms with E-state index in [0.717, 1.165) is 24.7 Å². The Hall–Kier alpha value is -3.07. The Bertz CT molecular complexity index is 1200. The number of aromatic nitrogens is 2. The third-order valence-electron chi connectivity index (χ3n) is 4.56. The number of hydrogen-bond donors (Lipinski definition) is 0. The van der Waals surface area contributed by atoms with Crippen molar-refractivity contribution in [2.24, 2.45) is 7.05 Å². The van der Waals surface area contributed by atoms with E-state index >= 15 is 0 Å². The average Bonchev–Trinajstić information content (AvgIpc) is 2.70. The average molecular weight is 457 g/mol. The van der Waals surface area contributed by atoms with E-state index in [-0.39, 0.29) is 28.0 Å². The molecule has 164 valence electrons. The molecule has 0 bridgehead atoms. The fourth-order valence-electron chi connectivity index (χ4n) is 3.02. The van der Waals surface area contributed by atoms with Gasteiger partial charge in [-0.05, 0) is 24.5 Å². The van der Waals surface area contributed by atoms with Crippen LogP contribution in [0, 0.1) is 5.82 Å². The number of halogens is 5. The number of hydrogen-bond acceptors (Lipinski definition) is 3. The highest BCUT2D eigenvalue weighted by Crippen LogP contribution is 2.30. The van der Waals surface area contributed by atoms with Gasteiger partial charge in [-0.25, -0.2) is 13.8 Å². The summed E-state index contributed by atoms with van der Waals surface area (Å²) < 4.78 is 59.6. The minimum Gasteiger partial charge on any atom is -0.492 e. The summed E-state index contributed by atoms with van der Waals surface area (Å²) in [6.07, 6.45) is -3.60. The van der Waals surface area contributed by atoms with Gasteiger partial charge in [0.1, 0.15) is 17.3 Å². The summed E-state index contributed by atoms with van der Waals surface area (Å²) in [6, 6.07) is 11.7. The van der Waals surface area contributed by atoms with Crippen LogP contribution in [0.5, 0.6) is 5.75 Å². The molecule has 0 amide bonds. The molecule has 0 saturated heterocycles. The van der Waals surface area contributed by atoms with Crippen molar-refractivity contribution < 1.29 is 22.3 Å². The standard InChI is InChI=1S/C21H17ClF4N2O3/c1-27-18(21(24,25)26)12-19(29)28(20(27)30)16-11-17(14(22)10-15(16)23)31-9-5-8-13-6-3-2-4-7-13/h2-4,6-7,10-12H,5,8-9H2,1H3. The predicted octanol–water partition coefficient (Wildman–Crippen LogP) is 4.36. The van der Waals surface area contributed by atoms with Crippen LogP contribution >= 0.6 is 11.6 Å². The molecule has 0 unspecified atom stereocenters. The number of aryl methyl sites for hydroxylation is 1. The molecular formula is C21H17ClF4N2O3. The second-order valence-electron chi connectivity index (χ2n) is 6.71. The summed E-state index contributed by atoms with van der Waals surface area (Å²) in [6.45, 7) is 0.208. The molecule has 0 aliphatic carbocycles. The quantitative estimate of drug-likeness (QED) is 0.409. The van der Waals surface area contributed by atoms with E-state index in [0.29, 0.717) is 17.4 Å². The highest BCUT2D eigenvalue weighted by Gasteiger charge is 2.35. The zero-order valence-corrected chi connectivity index (χ0v) is 17.0. The predicted molar refractivity (Wildman–Crippen MR) is 108 cm³/mol. The topological polar surface area (TPSA) is 53.2 Å². The minimum absolute atomic E-state index is 0.0000191. The van der Waals surface area contributed by atoms with Gasteiger partial charge < -0.3 is 4.74 Å². The molecule has 0 radical (unpaired) electrons. The number of ether oxygens (including phenoxy) is 1. The summed E-state index contributed by atoms with van der Waals surface area (Å²) in [5.41, 5.74) is -3.58. The molecule has 5 nitrogen and oxygen atoms in total. The Morgan fingerprint density at radius 1 is 1.06 bits per heavy atom. The second-order valence-corrected chi connectivity index (χ2v) is 7.12. The van der Waals surface area contributed by atoms with E-state index in [1.165, 1.54) is 0 Å². The first-order chi connectivity index (χ1) is 14.6. The highest BCUT2D eigenvalue weighted by molar-refractivity contribution is 6.32. The molecule has 0 N–H and O–H groups in total. The van der Waals surface area contributed by atoms with Crippen LogP contribution in [0.2, 0.25) is 5.02 Å². The Morgan fingerprint density at radius 3 is 2.39 bits per heavy atom. The monoisotopic (exact) mass is 456 g/mol. The Balaban J connectivity index is 1.90. The molecular weight excluding hydrogens is 440 g/mol. The van der Waals surface area contributed by atoms with Gasteiger partial charge in [0.05, 0.1) is 17.3 Å². The number of benzene rings is 2. The number of alkyl halides is 3. The van der Waals surface area contributed by atoms with Crippen molar-refractivity contribution in [3.63, 3.8) is 0 Å². The number of nitrogens with zero attached hydrogens (tertiary/aromatic N) is 2. The molecule has 0 aliphatic rings. The molecule has 31 heavy (non-hydrogen) atoms. The Morgan fingerprint density at radius 2 is 1.74 bits per heavy atom. The second kappa shape index (κ2) is 8.97. The van der Waals surface area contributed by atoms with Crippen molar-refractivity contribution in [2.75, 3.05) is 6.61 Å². The lowest BCUT2D eigenvalue weighted by Crippen LogP contribution is -2.41. The van der Waals surface area contributed by atoms with Crippen LogP contribution in [-0.2, 0) is 19.6 Å². The Labute approximate surface area is 179 Å². The fourth-order valence-corrected chi connectivity index (χ4v) is 3.23. The lowest BCUT2D eigenvalue weighted by atomic mass is 10.1. The van der Waals surface area contributed by atoms with E-state index in [9.17, 15) is 27.2 Å². The first-order valence-electron chi connectivity index (χ1n) is 9.16. The summed E-state index contributed by atoms with van der Waals surface area (Å²) >= 11 is 6.00. The lowest BCUT2D eigenvalue weighted by Gasteiger charge is -2.15. The van der Waals surface area contributed by atoms with Gasteiger partial charge in [-0.2, -0.15) is 13.2 Å². The van der Waals surface area contributed by atoms with E-state index < -0.39 is 34.6 Å². The molecule has 0 aliphatic heterocycles. The van der Waals surface area contributed by atoms with Gasteiger partial charge in [0, 0.05) is 19.2 Å². The minimum atomic E-state index is -4.92. The van der Waals surface area contributed by atoms with Crippen molar-refractivity contribution in [3.05, 3.63) is 91.5 Å². The summed E-state index contributed by atoms with van der Waals surface area (Å²) in [7, 11) is 0.843. The smallest absolute Gasteiger partial charge is 0.431 e. The van der Waals surface area contributed by atoms with E-state index in [4.69, 9.17) is 16.3 Å². The van der Waals surface area contributed by atoms with Crippen molar-refractivity contribution >= 4 is 11.6 Å². The van der Waals surface area contributed by atoms with Gasteiger partial charge in [0.2, 0.25) is 0 Å². The van der Waals surface area contributed by atoms with Crippen LogP contribution in [0.25, 0.3) is 5.69 Å². The highest BCUT2D eigenvalue weighted by atomic mass is 35.5. The molecule has 1 aromatic heterocycles. The summed E-state index contributed by atoms with van der Waals surface area (Å²) in [4.78, 5) is 24.6. The van der Waals surface area contributed by atoms with Crippen molar-refractivity contribution in [3.8, 4) is 11.4 Å². The van der Waals surface area contributed by atoms with E-state index in [1.54, 1.807) is 0 Å². The van der Waals surface area contributed by atoms with Crippen LogP contribution in [0.3, 0.4) is 0 Å². The first kappa shape index (κ1) is 22.6. The van der Waals surface area contributed by atoms with Crippen LogP contribution < -0.4 is 16.0 Å². The third-order valence-corrected chi connectivity index (χ3v) is 4.86. The molecule has 0 fully saturated rings. The maximum absolute atomic E-state index is 14.5. The van der Waals surface area contributed by atoms with Gasteiger partial charge in [0.25, 0.3) is 5.56 Å². The fraction of sp³-hybridized carbons (Fsp3) is 0.238. The van der Waals surface area contributed by atoms with E-state index in [1.807, 2.05) is 30.3 Å². The molecule has 0 saturated carbocycles. The maximum atomic E-state index is 14.5. The molecule has 2 aromatic carbocycles. The van der Waals surface area contributed by atoms with Crippen LogP contribution in [0.15, 0.2) is 58.1 Å². The molecule has 1 heterocycles. The van der Waals surface area contributed by atoms with Gasteiger partial charge in [-0.15, -0.1) is 0 Å². The number of rotatable bonds is 6. The van der Waals surface area contributed by atoms with E-state index in [2.05, 4.69) is 0 Å². The molecule has 3 rings (SSSR count). The molecule has 10 heteroatoms. The summed E-state index contributed by atoms with van der Waals surface area (Å²) in [5.74, 6) is -1.06. The van der Waals surface area contributed by atoms with Crippen molar-refractivity contribution in [1.29, 1.82) is 0 Å². The van der Waals surface area contributed by atoms with Crippen molar-refractivity contribution in [1.82, 2.24) is 9.13 Å². The lowest BCUT2D eigenvalue weighted by molar-refractivity contribution is -0.144. The van der Waals surface area contributed by atoms with Crippen LogP contribution in [-0.4, -0.2) is 15.7 Å². The normalized spacial score (nSPS) is 11.5. The third kappa shape index (κ3) is 4.99. The van der Waals surface area contributed by atoms with Gasteiger partial charge in [-0.3, -0.25) is 9.36 Å². The molecule has 3 aromatic rings. The zero-order chi connectivity index (χ0) is 22.8. The van der Waals surface area contributed by atoms with Gasteiger partial charge in [0.15, 0.2) is 0 Å². The largest absolute Gasteiger partial charge is 0.492 e. The van der Waals surface area contributed by atoms with Crippen LogP contribution in [0.1, 0.15) is 17.7 Å². The maximum Gasteiger partial charge on any atom is 0.431 e. The molecule has 0 spiro atoms. The zero-order valence-electron chi connectivity index (χ0n) is 16.2.